The van der Waals surface area contributed by atoms with E-state index in [9.17, 15) is 13.6 Å². The SMILES string of the molecule is Cc1cccc(C)c1OCC(=O)c1c(F)cccc1F. The maximum atomic E-state index is 13.5. The molecule has 0 unspecified atom stereocenters. The molecule has 0 aliphatic carbocycles. The molecule has 0 saturated heterocycles. The first-order valence-corrected chi connectivity index (χ1v) is 6.17. The van der Waals surface area contributed by atoms with Gasteiger partial charge in [-0.1, -0.05) is 24.3 Å². The Morgan fingerprint density at radius 1 is 1.00 bits per heavy atom. The standard InChI is InChI=1S/C16H14F2O2/c1-10-5-3-6-11(2)16(10)20-9-14(19)15-12(17)7-4-8-13(15)18/h3-8H,9H2,1-2H3. The quantitative estimate of drug-likeness (QED) is 0.793. The first-order valence-electron chi connectivity index (χ1n) is 6.17. The number of ketones is 1. The Morgan fingerprint density at radius 3 is 2.05 bits per heavy atom. The lowest BCUT2D eigenvalue weighted by Gasteiger charge is -2.11. The molecule has 20 heavy (non-hydrogen) atoms. The highest BCUT2D eigenvalue weighted by Crippen LogP contribution is 2.23. The summed E-state index contributed by atoms with van der Waals surface area (Å²) in [5.41, 5.74) is 1.18. The van der Waals surface area contributed by atoms with E-state index in [0.717, 1.165) is 23.3 Å². The van der Waals surface area contributed by atoms with Gasteiger partial charge < -0.3 is 4.74 Å². The van der Waals surface area contributed by atoms with Crippen molar-refractivity contribution in [1.29, 1.82) is 0 Å². The summed E-state index contributed by atoms with van der Waals surface area (Å²) in [6.07, 6.45) is 0. The summed E-state index contributed by atoms with van der Waals surface area (Å²) in [7, 11) is 0. The number of hydrogen-bond donors (Lipinski definition) is 0. The number of hydrogen-bond acceptors (Lipinski definition) is 2. The molecule has 0 aliphatic heterocycles. The summed E-state index contributed by atoms with van der Waals surface area (Å²) >= 11 is 0. The Morgan fingerprint density at radius 2 is 1.50 bits per heavy atom. The monoisotopic (exact) mass is 276 g/mol. The molecule has 2 nitrogen and oxygen atoms in total. The predicted molar refractivity (Wildman–Crippen MR) is 72.1 cm³/mol. The van der Waals surface area contributed by atoms with Crippen LogP contribution in [0.5, 0.6) is 5.75 Å². The van der Waals surface area contributed by atoms with Crippen LogP contribution in [0.25, 0.3) is 0 Å². The molecule has 0 fully saturated rings. The lowest BCUT2D eigenvalue weighted by molar-refractivity contribution is 0.0912. The third kappa shape index (κ3) is 2.85. The molecule has 0 aromatic heterocycles. The van der Waals surface area contributed by atoms with Crippen LogP contribution in [-0.2, 0) is 0 Å². The molecular weight excluding hydrogens is 262 g/mol. The van der Waals surface area contributed by atoms with Crippen LogP contribution >= 0.6 is 0 Å². The third-order valence-electron chi connectivity index (χ3n) is 3.00. The van der Waals surface area contributed by atoms with Crippen molar-refractivity contribution in [3.05, 3.63) is 64.7 Å². The van der Waals surface area contributed by atoms with Crippen molar-refractivity contribution in [3.63, 3.8) is 0 Å². The first kappa shape index (κ1) is 14.2. The average Bonchev–Trinajstić information content (AvgIpc) is 2.38. The smallest absolute Gasteiger partial charge is 0.206 e. The van der Waals surface area contributed by atoms with E-state index >= 15 is 0 Å². The Kier molecular flexibility index (Phi) is 4.13. The molecule has 0 bridgehead atoms. The Balaban J connectivity index is 2.17. The van der Waals surface area contributed by atoms with Gasteiger partial charge in [-0.05, 0) is 37.1 Å². The molecule has 0 spiro atoms. The highest BCUT2D eigenvalue weighted by atomic mass is 19.1. The first-order chi connectivity index (χ1) is 9.50. The molecule has 0 aliphatic rings. The summed E-state index contributed by atoms with van der Waals surface area (Å²) in [4.78, 5) is 11.9. The van der Waals surface area contributed by atoms with Crippen LogP contribution in [-0.4, -0.2) is 12.4 Å². The van der Waals surface area contributed by atoms with Gasteiger partial charge >= 0.3 is 0 Å². The number of rotatable bonds is 4. The zero-order chi connectivity index (χ0) is 14.7. The van der Waals surface area contributed by atoms with E-state index in [0.29, 0.717) is 5.75 Å². The van der Waals surface area contributed by atoms with Crippen LogP contribution in [0.3, 0.4) is 0 Å². The zero-order valence-electron chi connectivity index (χ0n) is 11.2. The molecule has 2 rings (SSSR count). The third-order valence-corrected chi connectivity index (χ3v) is 3.00. The number of halogens is 2. The van der Waals surface area contributed by atoms with Gasteiger partial charge in [0.2, 0.25) is 5.78 Å². The number of carbonyl (C=O) groups is 1. The fourth-order valence-corrected chi connectivity index (χ4v) is 2.00. The van der Waals surface area contributed by atoms with Crippen molar-refractivity contribution in [2.45, 2.75) is 13.8 Å². The molecular formula is C16H14F2O2. The average molecular weight is 276 g/mol. The molecule has 0 radical (unpaired) electrons. The van der Waals surface area contributed by atoms with Gasteiger partial charge in [0.05, 0.1) is 5.56 Å². The minimum Gasteiger partial charge on any atom is -0.485 e. The van der Waals surface area contributed by atoms with E-state index in [2.05, 4.69) is 0 Å². The van der Waals surface area contributed by atoms with Gasteiger partial charge in [-0.3, -0.25) is 4.79 Å². The van der Waals surface area contributed by atoms with Crippen LogP contribution in [0.2, 0.25) is 0 Å². The summed E-state index contributed by atoms with van der Waals surface area (Å²) < 4.78 is 32.3. The number of Topliss-reactive ketones (excluding diaryl/α,β-unsaturated/α-hetero) is 1. The minimum atomic E-state index is -0.875. The van der Waals surface area contributed by atoms with Crippen LogP contribution in [0.15, 0.2) is 36.4 Å². The highest BCUT2D eigenvalue weighted by molar-refractivity contribution is 5.97. The van der Waals surface area contributed by atoms with E-state index < -0.39 is 29.6 Å². The lowest BCUT2D eigenvalue weighted by atomic mass is 10.1. The Bertz CT molecular complexity index is 610. The van der Waals surface area contributed by atoms with Gasteiger partial charge in [0, 0.05) is 0 Å². The predicted octanol–water partition coefficient (Wildman–Crippen LogP) is 3.84. The Hall–Kier alpha value is -2.23. The van der Waals surface area contributed by atoms with Crippen molar-refractivity contribution in [2.24, 2.45) is 0 Å². The van der Waals surface area contributed by atoms with Crippen LogP contribution in [0, 0.1) is 25.5 Å². The molecule has 0 amide bonds. The maximum absolute atomic E-state index is 13.5. The van der Waals surface area contributed by atoms with E-state index in [1.165, 1.54) is 6.07 Å². The molecule has 0 N–H and O–H groups in total. The molecule has 104 valence electrons. The maximum Gasteiger partial charge on any atom is 0.206 e. The van der Waals surface area contributed by atoms with Crippen molar-refractivity contribution in [3.8, 4) is 5.75 Å². The van der Waals surface area contributed by atoms with Crippen molar-refractivity contribution in [2.75, 3.05) is 6.61 Å². The number of carbonyl (C=O) groups excluding carboxylic acids is 1. The largest absolute Gasteiger partial charge is 0.485 e. The second-order valence-corrected chi connectivity index (χ2v) is 4.53. The zero-order valence-corrected chi connectivity index (χ0v) is 11.2. The summed E-state index contributed by atoms with van der Waals surface area (Å²) in [5, 5.41) is 0. The van der Waals surface area contributed by atoms with Crippen molar-refractivity contribution >= 4 is 5.78 Å². The summed E-state index contributed by atoms with van der Waals surface area (Å²) in [5.74, 6) is -1.90. The summed E-state index contributed by atoms with van der Waals surface area (Å²) in [6.45, 7) is 3.29. The van der Waals surface area contributed by atoms with E-state index in [1.807, 2.05) is 32.0 Å². The minimum absolute atomic E-state index is 0.399. The Labute approximate surface area is 116 Å². The number of ether oxygens (including phenoxy) is 1. The molecule has 0 saturated carbocycles. The fourth-order valence-electron chi connectivity index (χ4n) is 2.00. The van der Waals surface area contributed by atoms with Crippen LogP contribution in [0.1, 0.15) is 21.5 Å². The van der Waals surface area contributed by atoms with E-state index in [1.54, 1.807) is 0 Å². The normalized spacial score (nSPS) is 10.4. The van der Waals surface area contributed by atoms with Gasteiger partial charge in [0.25, 0.3) is 0 Å². The van der Waals surface area contributed by atoms with Gasteiger partial charge in [-0.25, -0.2) is 8.78 Å². The number of aryl methyl sites for hydroxylation is 2. The van der Waals surface area contributed by atoms with Crippen LogP contribution < -0.4 is 4.74 Å². The van der Waals surface area contributed by atoms with Crippen molar-refractivity contribution in [1.82, 2.24) is 0 Å². The highest BCUT2D eigenvalue weighted by Gasteiger charge is 2.18. The molecule has 0 heterocycles. The number of para-hydroxylation sites is 1. The van der Waals surface area contributed by atoms with Gasteiger partial charge in [0.1, 0.15) is 17.4 Å². The van der Waals surface area contributed by atoms with Gasteiger partial charge in [-0.15, -0.1) is 0 Å². The van der Waals surface area contributed by atoms with E-state index in [4.69, 9.17) is 4.74 Å². The molecule has 2 aromatic carbocycles. The molecule has 0 atom stereocenters. The lowest BCUT2D eigenvalue weighted by Crippen LogP contribution is -2.16. The molecule has 2 aromatic rings. The second-order valence-electron chi connectivity index (χ2n) is 4.53. The van der Waals surface area contributed by atoms with Gasteiger partial charge in [0.15, 0.2) is 6.61 Å². The topological polar surface area (TPSA) is 26.3 Å². The van der Waals surface area contributed by atoms with E-state index in [-0.39, 0.29) is 0 Å². The number of benzene rings is 2. The molecule has 4 heteroatoms. The van der Waals surface area contributed by atoms with Crippen LogP contribution in [0.4, 0.5) is 8.78 Å². The second kappa shape index (κ2) is 5.82. The van der Waals surface area contributed by atoms with Crippen molar-refractivity contribution < 1.29 is 18.3 Å². The fraction of sp³-hybridized carbons (Fsp3) is 0.188. The van der Waals surface area contributed by atoms with Gasteiger partial charge in [-0.2, -0.15) is 0 Å². The summed E-state index contributed by atoms with van der Waals surface area (Å²) in [6, 6.07) is 8.88.